The van der Waals surface area contributed by atoms with E-state index in [9.17, 15) is 9.59 Å². The van der Waals surface area contributed by atoms with Gasteiger partial charge in [-0.15, -0.1) is 0 Å². The molecule has 2 N–H and O–H groups in total. The van der Waals surface area contributed by atoms with Crippen LogP contribution >= 0.6 is 0 Å². The van der Waals surface area contributed by atoms with Gasteiger partial charge in [-0.25, -0.2) is 0 Å². The number of carbonyl (C=O) groups excluding carboxylic acids is 1. The molecule has 0 saturated heterocycles. The Kier molecular flexibility index (Phi) is 3.89. The first kappa shape index (κ1) is 14.9. The fourth-order valence-corrected chi connectivity index (χ4v) is 2.38. The van der Waals surface area contributed by atoms with Crippen LogP contribution in [0.2, 0.25) is 0 Å². The van der Waals surface area contributed by atoms with Gasteiger partial charge in [-0.05, 0) is 35.9 Å². The van der Waals surface area contributed by atoms with Crippen molar-refractivity contribution in [2.75, 3.05) is 5.32 Å². The summed E-state index contributed by atoms with van der Waals surface area (Å²) in [6.45, 7) is 1.74. The van der Waals surface area contributed by atoms with Crippen LogP contribution in [0.4, 0.5) is 5.69 Å². The summed E-state index contributed by atoms with van der Waals surface area (Å²) >= 11 is 0. The SMILES string of the molecule is CC(=O)Nc1ccc2c(c1)COc1ccc(CC(=O)O)cc1O2. The summed E-state index contributed by atoms with van der Waals surface area (Å²) in [5.74, 6) is 0.596. The number of carboxylic acids is 1. The predicted octanol–water partition coefficient (Wildman–Crippen LogP) is 2.96. The van der Waals surface area contributed by atoms with E-state index >= 15 is 0 Å². The molecule has 0 aromatic heterocycles. The van der Waals surface area contributed by atoms with Gasteiger partial charge in [0, 0.05) is 18.2 Å². The van der Waals surface area contributed by atoms with Gasteiger partial charge in [-0.2, -0.15) is 0 Å². The van der Waals surface area contributed by atoms with Crippen molar-refractivity contribution in [2.45, 2.75) is 20.0 Å². The highest BCUT2D eigenvalue weighted by atomic mass is 16.5. The minimum absolute atomic E-state index is 0.0784. The van der Waals surface area contributed by atoms with Crippen LogP contribution in [0.15, 0.2) is 36.4 Å². The third kappa shape index (κ3) is 3.42. The summed E-state index contributed by atoms with van der Waals surface area (Å²) < 4.78 is 11.6. The Hall–Kier alpha value is -3.02. The van der Waals surface area contributed by atoms with Crippen LogP contribution in [0.5, 0.6) is 17.2 Å². The minimum Gasteiger partial charge on any atom is -0.485 e. The Morgan fingerprint density at radius 1 is 1.13 bits per heavy atom. The van der Waals surface area contributed by atoms with Gasteiger partial charge in [-0.1, -0.05) is 6.07 Å². The van der Waals surface area contributed by atoms with Gasteiger partial charge in [0.25, 0.3) is 0 Å². The highest BCUT2D eigenvalue weighted by Gasteiger charge is 2.17. The number of carboxylic acid groups (broad SMARTS) is 1. The molecule has 0 radical (unpaired) electrons. The van der Waals surface area contributed by atoms with Crippen LogP contribution in [0.25, 0.3) is 0 Å². The average Bonchev–Trinajstić information content (AvgIpc) is 2.64. The highest BCUT2D eigenvalue weighted by Crippen LogP contribution is 2.38. The summed E-state index contributed by atoms with van der Waals surface area (Å²) in [6, 6.07) is 10.4. The number of nitrogens with one attached hydrogen (secondary N) is 1. The van der Waals surface area contributed by atoms with E-state index in [1.54, 1.807) is 36.4 Å². The fourth-order valence-electron chi connectivity index (χ4n) is 2.38. The zero-order chi connectivity index (χ0) is 16.4. The Labute approximate surface area is 132 Å². The summed E-state index contributed by atoms with van der Waals surface area (Å²) in [5.41, 5.74) is 2.10. The molecule has 1 aliphatic rings. The second-order valence-electron chi connectivity index (χ2n) is 5.25. The van der Waals surface area contributed by atoms with Gasteiger partial charge in [0.15, 0.2) is 11.5 Å². The van der Waals surface area contributed by atoms with Crippen molar-refractivity contribution >= 4 is 17.6 Å². The Bertz CT molecular complexity index is 785. The van der Waals surface area contributed by atoms with E-state index in [2.05, 4.69) is 5.32 Å². The van der Waals surface area contributed by atoms with Crippen molar-refractivity contribution in [3.8, 4) is 17.2 Å². The molecule has 3 rings (SSSR count). The smallest absolute Gasteiger partial charge is 0.307 e. The lowest BCUT2D eigenvalue weighted by molar-refractivity contribution is -0.136. The van der Waals surface area contributed by atoms with E-state index in [1.165, 1.54) is 6.92 Å². The second-order valence-corrected chi connectivity index (χ2v) is 5.25. The van der Waals surface area contributed by atoms with Crippen LogP contribution < -0.4 is 14.8 Å². The molecule has 6 nitrogen and oxygen atoms in total. The lowest BCUT2D eigenvalue weighted by Crippen LogP contribution is -2.06. The number of rotatable bonds is 3. The molecule has 0 spiro atoms. The number of fused-ring (bicyclic) bond motifs is 2. The zero-order valence-corrected chi connectivity index (χ0v) is 12.5. The number of anilines is 1. The molecule has 118 valence electrons. The van der Waals surface area contributed by atoms with E-state index in [1.807, 2.05) is 0 Å². The van der Waals surface area contributed by atoms with Crippen LogP contribution in [0.3, 0.4) is 0 Å². The Balaban J connectivity index is 1.90. The van der Waals surface area contributed by atoms with Crippen LogP contribution in [-0.2, 0) is 22.6 Å². The summed E-state index contributed by atoms with van der Waals surface area (Å²) in [4.78, 5) is 22.0. The number of ether oxygens (including phenoxy) is 2. The van der Waals surface area contributed by atoms with Gasteiger partial charge in [0.1, 0.15) is 12.4 Å². The van der Waals surface area contributed by atoms with Crippen molar-refractivity contribution < 1.29 is 24.2 Å². The van der Waals surface area contributed by atoms with Gasteiger partial charge >= 0.3 is 5.97 Å². The van der Waals surface area contributed by atoms with Crippen molar-refractivity contribution in [3.05, 3.63) is 47.5 Å². The molecule has 2 aromatic carbocycles. The van der Waals surface area contributed by atoms with Crippen molar-refractivity contribution in [2.24, 2.45) is 0 Å². The first-order valence-electron chi connectivity index (χ1n) is 7.07. The predicted molar refractivity (Wildman–Crippen MR) is 82.9 cm³/mol. The number of carbonyl (C=O) groups is 2. The third-order valence-electron chi connectivity index (χ3n) is 3.35. The lowest BCUT2D eigenvalue weighted by atomic mass is 10.1. The third-order valence-corrected chi connectivity index (χ3v) is 3.35. The van der Waals surface area contributed by atoms with E-state index in [-0.39, 0.29) is 12.3 Å². The average molecular weight is 313 g/mol. The van der Waals surface area contributed by atoms with Crippen LogP contribution in [0.1, 0.15) is 18.1 Å². The molecule has 0 unspecified atom stereocenters. The van der Waals surface area contributed by atoms with Gasteiger partial charge in [0.2, 0.25) is 5.91 Å². The number of aliphatic carboxylic acids is 1. The van der Waals surface area contributed by atoms with E-state index in [0.717, 1.165) is 5.56 Å². The fraction of sp³-hybridized carbons (Fsp3) is 0.176. The molecule has 0 aliphatic carbocycles. The minimum atomic E-state index is -0.903. The van der Waals surface area contributed by atoms with E-state index in [0.29, 0.717) is 35.1 Å². The molecule has 1 heterocycles. The topological polar surface area (TPSA) is 84.9 Å². The van der Waals surface area contributed by atoms with Crippen LogP contribution in [-0.4, -0.2) is 17.0 Å². The van der Waals surface area contributed by atoms with Crippen LogP contribution in [0, 0.1) is 0 Å². The summed E-state index contributed by atoms with van der Waals surface area (Å²) in [6.07, 6.45) is -0.0784. The maximum Gasteiger partial charge on any atom is 0.307 e. The first-order valence-corrected chi connectivity index (χ1v) is 7.07. The molecule has 0 bridgehead atoms. The zero-order valence-electron chi connectivity index (χ0n) is 12.5. The van der Waals surface area contributed by atoms with Gasteiger partial charge in [0.05, 0.1) is 6.42 Å². The van der Waals surface area contributed by atoms with Gasteiger partial charge in [-0.3, -0.25) is 9.59 Å². The molecule has 23 heavy (non-hydrogen) atoms. The molecule has 1 amide bonds. The molecule has 0 atom stereocenters. The number of benzene rings is 2. The first-order chi connectivity index (χ1) is 11.0. The number of hydrogen-bond donors (Lipinski definition) is 2. The lowest BCUT2D eigenvalue weighted by Gasteiger charge is -2.09. The number of hydrogen-bond acceptors (Lipinski definition) is 4. The van der Waals surface area contributed by atoms with E-state index in [4.69, 9.17) is 14.6 Å². The molecule has 0 saturated carbocycles. The second kappa shape index (κ2) is 6.00. The standard InChI is InChI=1S/C17H15NO5/c1-10(19)18-13-3-5-14-12(8-13)9-22-15-4-2-11(7-17(20)21)6-16(15)23-14/h2-6,8H,7,9H2,1H3,(H,18,19)(H,20,21). The summed E-state index contributed by atoms with van der Waals surface area (Å²) in [5, 5.41) is 11.6. The highest BCUT2D eigenvalue weighted by molar-refractivity contribution is 5.88. The van der Waals surface area contributed by atoms with Crippen molar-refractivity contribution in [1.82, 2.24) is 0 Å². The van der Waals surface area contributed by atoms with Crippen molar-refractivity contribution in [3.63, 3.8) is 0 Å². The Morgan fingerprint density at radius 2 is 1.91 bits per heavy atom. The quantitative estimate of drug-likeness (QED) is 0.910. The molecule has 2 aromatic rings. The molecule has 6 heteroatoms. The largest absolute Gasteiger partial charge is 0.485 e. The molecular formula is C17H15NO5. The normalized spacial score (nSPS) is 12.0. The molecule has 1 aliphatic heterocycles. The maximum atomic E-state index is 11.1. The summed E-state index contributed by atoms with van der Waals surface area (Å²) in [7, 11) is 0. The number of amides is 1. The van der Waals surface area contributed by atoms with Gasteiger partial charge < -0.3 is 19.9 Å². The molecular weight excluding hydrogens is 298 g/mol. The Morgan fingerprint density at radius 3 is 2.65 bits per heavy atom. The van der Waals surface area contributed by atoms with E-state index < -0.39 is 5.97 Å². The van der Waals surface area contributed by atoms with Crippen molar-refractivity contribution in [1.29, 1.82) is 0 Å². The maximum absolute atomic E-state index is 11.1. The molecule has 0 fully saturated rings. The monoisotopic (exact) mass is 313 g/mol.